The fraction of sp³-hybridized carbons (Fsp3) is 0.235. The Morgan fingerprint density at radius 2 is 2.00 bits per heavy atom. The van der Waals surface area contributed by atoms with E-state index in [0.717, 1.165) is 6.07 Å². The number of anilines is 1. The number of benzene rings is 2. The van der Waals surface area contributed by atoms with Crippen LogP contribution >= 0.6 is 11.8 Å². The number of carbonyl (C=O) groups excluding carboxylic acids is 1. The third-order valence-corrected chi connectivity index (χ3v) is 5.04. The average molecular weight is 337 g/mol. The minimum absolute atomic E-state index is 0.103. The Morgan fingerprint density at radius 1 is 1.17 bits per heavy atom. The van der Waals surface area contributed by atoms with E-state index in [-0.39, 0.29) is 16.9 Å². The molecule has 0 heterocycles. The first-order chi connectivity index (χ1) is 11.0. The predicted molar refractivity (Wildman–Crippen MR) is 84.9 cm³/mol. The van der Waals surface area contributed by atoms with Crippen molar-refractivity contribution in [3.05, 3.63) is 65.0 Å². The second kappa shape index (κ2) is 6.66. The molecule has 3 rings (SSSR count). The molecule has 0 aromatic heterocycles. The molecule has 0 saturated carbocycles. The molecule has 2 nitrogen and oxygen atoms in total. The van der Waals surface area contributed by atoms with Crippen molar-refractivity contribution < 1.29 is 18.0 Å². The molecule has 2 aromatic carbocycles. The van der Waals surface area contributed by atoms with Crippen LogP contribution in [0.1, 0.15) is 22.8 Å². The Morgan fingerprint density at radius 3 is 2.78 bits per heavy atom. The third kappa shape index (κ3) is 3.69. The molecule has 1 atom stereocenters. The average Bonchev–Trinajstić information content (AvgIpc) is 2.88. The smallest absolute Gasteiger partial charge is 0.234 e. The van der Waals surface area contributed by atoms with Gasteiger partial charge in [-0.3, -0.25) is 4.79 Å². The predicted octanol–water partition coefficient (Wildman–Crippen LogP) is 4.46. The minimum atomic E-state index is -0.599. The Bertz CT molecular complexity index is 751. The van der Waals surface area contributed by atoms with Crippen LogP contribution in [0.15, 0.2) is 36.4 Å². The maximum atomic E-state index is 13.7. The van der Waals surface area contributed by atoms with Gasteiger partial charge in [-0.25, -0.2) is 13.2 Å². The highest BCUT2D eigenvalue weighted by molar-refractivity contribution is 8.00. The van der Waals surface area contributed by atoms with Gasteiger partial charge in [-0.1, -0.05) is 6.07 Å². The highest BCUT2D eigenvalue weighted by atomic mass is 32.2. The molecule has 1 aliphatic carbocycles. The van der Waals surface area contributed by atoms with Crippen LogP contribution in [-0.2, 0) is 11.2 Å². The topological polar surface area (TPSA) is 29.1 Å². The van der Waals surface area contributed by atoms with E-state index in [2.05, 4.69) is 5.32 Å². The van der Waals surface area contributed by atoms with Crippen LogP contribution in [0.2, 0.25) is 0 Å². The first kappa shape index (κ1) is 15.9. The summed E-state index contributed by atoms with van der Waals surface area (Å²) in [7, 11) is 0. The molecule has 0 unspecified atom stereocenters. The van der Waals surface area contributed by atoms with Crippen LogP contribution in [0.25, 0.3) is 0 Å². The van der Waals surface area contributed by atoms with Gasteiger partial charge in [0.1, 0.15) is 17.5 Å². The van der Waals surface area contributed by atoms with Crippen molar-refractivity contribution in [2.75, 3.05) is 11.1 Å². The molecule has 0 spiro atoms. The van der Waals surface area contributed by atoms with E-state index >= 15 is 0 Å². The molecular weight excluding hydrogens is 323 g/mol. The molecule has 0 bridgehead atoms. The largest absolute Gasteiger partial charge is 0.325 e. The number of carbonyl (C=O) groups is 1. The van der Waals surface area contributed by atoms with Crippen molar-refractivity contribution in [1.82, 2.24) is 0 Å². The summed E-state index contributed by atoms with van der Waals surface area (Å²) in [4.78, 5) is 11.9. The summed E-state index contributed by atoms with van der Waals surface area (Å²) in [6.45, 7) is 0. The number of thioether (sulfide) groups is 1. The lowest BCUT2D eigenvalue weighted by Crippen LogP contribution is -2.14. The number of fused-ring (bicyclic) bond motifs is 1. The normalized spacial score (nSPS) is 16.2. The van der Waals surface area contributed by atoms with Crippen molar-refractivity contribution >= 4 is 23.4 Å². The van der Waals surface area contributed by atoms with Crippen LogP contribution in [0.4, 0.5) is 18.9 Å². The number of halogens is 3. The zero-order chi connectivity index (χ0) is 16.4. The van der Waals surface area contributed by atoms with Gasteiger partial charge in [-0.05, 0) is 48.2 Å². The number of rotatable bonds is 4. The standard InChI is InChI=1S/C17H14F3NOS/c18-10-2-1-3-12(6-10)21-17(22)9-23-16-5-4-13-14(16)7-11(19)8-15(13)20/h1-3,6-8,16H,4-5,9H2,(H,21,22)/t16-/m1/s1. The van der Waals surface area contributed by atoms with Crippen LogP contribution in [0.3, 0.4) is 0 Å². The lowest BCUT2D eigenvalue weighted by Gasteiger charge is -2.12. The van der Waals surface area contributed by atoms with Crippen molar-refractivity contribution in [1.29, 1.82) is 0 Å². The minimum Gasteiger partial charge on any atom is -0.325 e. The Hall–Kier alpha value is -1.95. The van der Waals surface area contributed by atoms with Gasteiger partial charge in [0.15, 0.2) is 0 Å². The molecule has 6 heteroatoms. The van der Waals surface area contributed by atoms with E-state index in [1.165, 1.54) is 36.0 Å². The van der Waals surface area contributed by atoms with Gasteiger partial charge in [-0.2, -0.15) is 0 Å². The van der Waals surface area contributed by atoms with Crippen molar-refractivity contribution in [3.8, 4) is 0 Å². The molecule has 0 radical (unpaired) electrons. The molecule has 0 saturated heterocycles. The van der Waals surface area contributed by atoms with E-state index in [9.17, 15) is 18.0 Å². The third-order valence-electron chi connectivity index (χ3n) is 3.72. The summed E-state index contributed by atoms with van der Waals surface area (Å²) >= 11 is 1.34. The highest BCUT2D eigenvalue weighted by Gasteiger charge is 2.27. The van der Waals surface area contributed by atoms with E-state index < -0.39 is 17.5 Å². The number of amides is 1. The molecule has 23 heavy (non-hydrogen) atoms. The SMILES string of the molecule is O=C(CS[C@@H]1CCc2c(F)cc(F)cc21)Nc1cccc(F)c1. The van der Waals surface area contributed by atoms with Crippen molar-refractivity contribution in [3.63, 3.8) is 0 Å². The zero-order valence-corrected chi connectivity index (χ0v) is 12.9. The lowest BCUT2D eigenvalue weighted by molar-refractivity contribution is -0.113. The first-order valence-electron chi connectivity index (χ1n) is 7.18. The summed E-state index contributed by atoms with van der Waals surface area (Å²) in [5.41, 5.74) is 1.56. The fourth-order valence-electron chi connectivity index (χ4n) is 2.72. The summed E-state index contributed by atoms with van der Waals surface area (Å²) in [5, 5.41) is 2.50. The van der Waals surface area contributed by atoms with Crippen LogP contribution < -0.4 is 5.32 Å². The monoisotopic (exact) mass is 337 g/mol. The maximum absolute atomic E-state index is 13.7. The quantitative estimate of drug-likeness (QED) is 0.892. The van der Waals surface area contributed by atoms with Crippen LogP contribution in [0, 0.1) is 17.5 Å². The molecule has 1 N–H and O–H groups in total. The molecule has 120 valence electrons. The number of hydrogen-bond acceptors (Lipinski definition) is 2. The summed E-state index contributed by atoms with van der Waals surface area (Å²) < 4.78 is 40.1. The number of hydrogen-bond donors (Lipinski definition) is 1. The van der Waals surface area contributed by atoms with Gasteiger partial charge in [0.05, 0.1) is 5.75 Å². The zero-order valence-electron chi connectivity index (χ0n) is 12.1. The molecule has 1 amide bonds. The second-order valence-electron chi connectivity index (χ2n) is 5.35. The van der Waals surface area contributed by atoms with E-state index in [1.54, 1.807) is 6.07 Å². The Balaban J connectivity index is 1.61. The van der Waals surface area contributed by atoms with Gasteiger partial charge in [-0.15, -0.1) is 11.8 Å². The van der Waals surface area contributed by atoms with Gasteiger partial charge < -0.3 is 5.32 Å². The molecule has 2 aromatic rings. The fourth-order valence-corrected chi connectivity index (χ4v) is 3.82. The van der Waals surface area contributed by atoms with E-state index in [0.29, 0.717) is 29.7 Å². The van der Waals surface area contributed by atoms with Crippen LogP contribution in [-0.4, -0.2) is 11.7 Å². The second-order valence-corrected chi connectivity index (χ2v) is 6.54. The Kier molecular flexibility index (Phi) is 4.61. The van der Waals surface area contributed by atoms with Crippen molar-refractivity contribution in [2.45, 2.75) is 18.1 Å². The van der Waals surface area contributed by atoms with Gasteiger partial charge in [0.25, 0.3) is 0 Å². The summed E-state index contributed by atoms with van der Waals surface area (Å²) in [6, 6.07) is 7.87. The lowest BCUT2D eigenvalue weighted by atomic mass is 10.1. The number of nitrogens with one attached hydrogen (secondary N) is 1. The first-order valence-corrected chi connectivity index (χ1v) is 8.22. The summed E-state index contributed by atoms with van der Waals surface area (Å²) in [5.74, 6) is -1.68. The molecule has 1 aliphatic rings. The Labute approximate surface area is 136 Å². The van der Waals surface area contributed by atoms with Gasteiger partial charge in [0, 0.05) is 17.0 Å². The molecular formula is C17H14F3NOS. The van der Waals surface area contributed by atoms with Crippen molar-refractivity contribution in [2.24, 2.45) is 0 Å². The van der Waals surface area contributed by atoms with Gasteiger partial charge in [0.2, 0.25) is 5.91 Å². The molecule has 0 fully saturated rings. The molecule has 0 aliphatic heterocycles. The summed E-state index contributed by atoms with van der Waals surface area (Å²) in [6.07, 6.45) is 1.22. The highest BCUT2D eigenvalue weighted by Crippen LogP contribution is 2.42. The van der Waals surface area contributed by atoms with E-state index in [1.807, 2.05) is 0 Å². The van der Waals surface area contributed by atoms with Crippen LogP contribution in [0.5, 0.6) is 0 Å². The van der Waals surface area contributed by atoms with E-state index in [4.69, 9.17) is 0 Å². The maximum Gasteiger partial charge on any atom is 0.234 e. The van der Waals surface area contributed by atoms with Gasteiger partial charge >= 0.3 is 0 Å².